The third-order valence-electron chi connectivity index (χ3n) is 4.42. The summed E-state index contributed by atoms with van der Waals surface area (Å²) in [6, 6.07) is 10.8. The Morgan fingerprint density at radius 3 is 2.95 bits per heavy atom. The molecule has 0 bridgehead atoms. The molecule has 3 heteroatoms. The van der Waals surface area contributed by atoms with Crippen LogP contribution in [0, 0.1) is 5.92 Å². The Labute approximate surface area is 127 Å². The molecule has 112 valence electrons. The van der Waals surface area contributed by atoms with Crippen molar-refractivity contribution in [3.63, 3.8) is 0 Å². The molecule has 1 N–H and O–H groups in total. The van der Waals surface area contributed by atoms with Gasteiger partial charge in [-0.25, -0.2) is 4.98 Å². The minimum atomic E-state index is 0.765. The van der Waals surface area contributed by atoms with Crippen LogP contribution in [0.15, 0.2) is 42.7 Å². The Hall–Kier alpha value is -1.61. The Balaban J connectivity index is 1.41. The van der Waals surface area contributed by atoms with E-state index in [0.29, 0.717) is 0 Å². The Kier molecular flexibility index (Phi) is 5.06. The number of aromatic nitrogens is 2. The molecular formula is C18H25N3. The number of rotatable bonds is 6. The zero-order valence-corrected chi connectivity index (χ0v) is 12.7. The number of piperidine rings is 1. The summed E-state index contributed by atoms with van der Waals surface area (Å²) in [4.78, 5) is 10.2. The van der Waals surface area contributed by atoms with Crippen molar-refractivity contribution in [2.75, 3.05) is 19.6 Å². The maximum Gasteiger partial charge on any atom is 0.106 e. The molecule has 1 unspecified atom stereocenters. The smallest absolute Gasteiger partial charge is 0.106 e. The Morgan fingerprint density at radius 1 is 1.24 bits per heavy atom. The molecule has 1 aliphatic heterocycles. The highest BCUT2D eigenvalue weighted by atomic mass is 15.1. The molecule has 21 heavy (non-hydrogen) atoms. The predicted molar refractivity (Wildman–Crippen MR) is 86.2 cm³/mol. The summed E-state index contributed by atoms with van der Waals surface area (Å²) in [5.74, 6) is 1.91. The highest BCUT2D eigenvalue weighted by molar-refractivity contribution is 5.14. The van der Waals surface area contributed by atoms with Crippen molar-refractivity contribution >= 4 is 0 Å². The first-order chi connectivity index (χ1) is 10.4. The molecule has 0 amide bonds. The molecule has 0 radical (unpaired) electrons. The van der Waals surface area contributed by atoms with Crippen LogP contribution in [0.1, 0.15) is 30.7 Å². The van der Waals surface area contributed by atoms with E-state index in [-0.39, 0.29) is 0 Å². The van der Waals surface area contributed by atoms with Crippen LogP contribution in [0.5, 0.6) is 0 Å². The largest absolute Gasteiger partial charge is 0.349 e. The standard InChI is InChI=1S/C18H25N3/c1-2-6-16(7-3-1)8-4-12-21-13-5-9-17(15-21)14-18-19-10-11-20-18/h1-3,6-7,10-11,17H,4-5,8-9,12-15H2,(H,19,20). The molecular weight excluding hydrogens is 258 g/mol. The first-order valence-corrected chi connectivity index (χ1v) is 8.15. The fourth-order valence-corrected chi connectivity index (χ4v) is 3.36. The molecule has 1 atom stereocenters. The third-order valence-corrected chi connectivity index (χ3v) is 4.42. The first kappa shape index (κ1) is 14.3. The van der Waals surface area contributed by atoms with Gasteiger partial charge in [0.1, 0.15) is 5.82 Å². The second-order valence-corrected chi connectivity index (χ2v) is 6.14. The number of hydrogen-bond acceptors (Lipinski definition) is 2. The topological polar surface area (TPSA) is 31.9 Å². The average Bonchev–Trinajstić information content (AvgIpc) is 3.02. The van der Waals surface area contributed by atoms with E-state index in [1.165, 1.54) is 50.9 Å². The Bertz CT molecular complexity index is 507. The molecule has 2 heterocycles. The normalized spacial score (nSPS) is 19.7. The zero-order valence-electron chi connectivity index (χ0n) is 12.7. The summed E-state index contributed by atoms with van der Waals surface area (Å²) in [6.07, 6.45) is 10.0. The molecule has 0 aliphatic carbocycles. The van der Waals surface area contributed by atoms with Crippen molar-refractivity contribution in [3.05, 3.63) is 54.1 Å². The summed E-state index contributed by atoms with van der Waals surface area (Å²) in [5.41, 5.74) is 1.46. The lowest BCUT2D eigenvalue weighted by Gasteiger charge is -2.32. The minimum Gasteiger partial charge on any atom is -0.349 e. The quantitative estimate of drug-likeness (QED) is 0.882. The highest BCUT2D eigenvalue weighted by Gasteiger charge is 2.20. The molecule has 2 aromatic rings. The van der Waals surface area contributed by atoms with Crippen LogP contribution < -0.4 is 0 Å². The van der Waals surface area contributed by atoms with Crippen molar-refractivity contribution in [3.8, 4) is 0 Å². The summed E-state index contributed by atoms with van der Waals surface area (Å²) >= 11 is 0. The maximum atomic E-state index is 4.36. The van der Waals surface area contributed by atoms with Gasteiger partial charge in [-0.1, -0.05) is 30.3 Å². The number of aromatic amines is 1. The van der Waals surface area contributed by atoms with E-state index in [4.69, 9.17) is 0 Å². The first-order valence-electron chi connectivity index (χ1n) is 8.15. The van der Waals surface area contributed by atoms with Gasteiger partial charge in [0.2, 0.25) is 0 Å². The summed E-state index contributed by atoms with van der Waals surface area (Å²) < 4.78 is 0. The lowest BCUT2D eigenvalue weighted by molar-refractivity contribution is 0.171. The molecule has 1 aromatic heterocycles. The second kappa shape index (κ2) is 7.41. The number of benzene rings is 1. The van der Waals surface area contributed by atoms with Crippen LogP contribution >= 0.6 is 0 Å². The van der Waals surface area contributed by atoms with Gasteiger partial charge in [0.25, 0.3) is 0 Å². The van der Waals surface area contributed by atoms with E-state index in [2.05, 4.69) is 45.2 Å². The van der Waals surface area contributed by atoms with E-state index in [0.717, 1.165) is 18.2 Å². The van der Waals surface area contributed by atoms with Crippen molar-refractivity contribution in [1.82, 2.24) is 14.9 Å². The van der Waals surface area contributed by atoms with E-state index in [1.807, 2.05) is 12.4 Å². The third kappa shape index (κ3) is 4.43. The van der Waals surface area contributed by atoms with E-state index >= 15 is 0 Å². The molecule has 0 saturated carbocycles. The van der Waals surface area contributed by atoms with Gasteiger partial charge in [-0.15, -0.1) is 0 Å². The molecule has 1 aromatic carbocycles. The highest BCUT2D eigenvalue weighted by Crippen LogP contribution is 2.20. The maximum absolute atomic E-state index is 4.36. The number of nitrogens with zero attached hydrogens (tertiary/aromatic N) is 2. The minimum absolute atomic E-state index is 0.765. The lowest BCUT2D eigenvalue weighted by atomic mass is 9.94. The van der Waals surface area contributed by atoms with E-state index in [1.54, 1.807) is 0 Å². The van der Waals surface area contributed by atoms with Gasteiger partial charge < -0.3 is 9.88 Å². The number of aryl methyl sites for hydroxylation is 1. The molecule has 3 nitrogen and oxygen atoms in total. The van der Waals surface area contributed by atoms with Gasteiger partial charge in [0.05, 0.1) is 0 Å². The van der Waals surface area contributed by atoms with Crippen LogP contribution in [-0.4, -0.2) is 34.5 Å². The molecule has 1 saturated heterocycles. The summed E-state index contributed by atoms with van der Waals surface area (Å²) in [7, 11) is 0. The number of imidazole rings is 1. The molecule has 1 fully saturated rings. The van der Waals surface area contributed by atoms with Crippen LogP contribution in [0.2, 0.25) is 0 Å². The van der Waals surface area contributed by atoms with Gasteiger partial charge in [-0.2, -0.15) is 0 Å². The zero-order chi connectivity index (χ0) is 14.3. The van der Waals surface area contributed by atoms with Gasteiger partial charge in [0.15, 0.2) is 0 Å². The van der Waals surface area contributed by atoms with Gasteiger partial charge >= 0.3 is 0 Å². The fraction of sp³-hybridized carbons (Fsp3) is 0.500. The van der Waals surface area contributed by atoms with Crippen molar-refractivity contribution in [2.24, 2.45) is 5.92 Å². The van der Waals surface area contributed by atoms with Crippen LogP contribution in [0.25, 0.3) is 0 Å². The predicted octanol–water partition coefficient (Wildman–Crippen LogP) is 3.30. The van der Waals surface area contributed by atoms with E-state index in [9.17, 15) is 0 Å². The molecule has 0 spiro atoms. The van der Waals surface area contributed by atoms with Crippen LogP contribution in [-0.2, 0) is 12.8 Å². The van der Waals surface area contributed by atoms with Crippen molar-refractivity contribution in [1.29, 1.82) is 0 Å². The van der Waals surface area contributed by atoms with Crippen LogP contribution in [0.4, 0.5) is 0 Å². The number of H-pyrrole nitrogens is 1. The molecule has 1 aliphatic rings. The number of likely N-dealkylation sites (tertiary alicyclic amines) is 1. The lowest BCUT2D eigenvalue weighted by Crippen LogP contribution is -2.37. The van der Waals surface area contributed by atoms with Crippen molar-refractivity contribution < 1.29 is 0 Å². The van der Waals surface area contributed by atoms with E-state index < -0.39 is 0 Å². The van der Waals surface area contributed by atoms with Crippen LogP contribution in [0.3, 0.4) is 0 Å². The SMILES string of the molecule is c1ccc(CCCN2CCCC(Cc3ncc[nH]3)C2)cc1. The Morgan fingerprint density at radius 2 is 2.14 bits per heavy atom. The second-order valence-electron chi connectivity index (χ2n) is 6.14. The fourth-order valence-electron chi connectivity index (χ4n) is 3.36. The van der Waals surface area contributed by atoms with Gasteiger partial charge in [0, 0.05) is 25.4 Å². The number of hydrogen-bond donors (Lipinski definition) is 1. The monoisotopic (exact) mass is 283 g/mol. The summed E-state index contributed by atoms with van der Waals surface area (Å²) in [5, 5.41) is 0. The average molecular weight is 283 g/mol. The van der Waals surface area contributed by atoms with Gasteiger partial charge in [-0.3, -0.25) is 0 Å². The van der Waals surface area contributed by atoms with Gasteiger partial charge in [-0.05, 0) is 50.3 Å². The van der Waals surface area contributed by atoms with Crippen molar-refractivity contribution in [2.45, 2.75) is 32.1 Å². The summed E-state index contributed by atoms with van der Waals surface area (Å²) in [6.45, 7) is 3.72. The molecule has 3 rings (SSSR count). The number of nitrogens with one attached hydrogen (secondary N) is 1.